The number of hydrogen-bond donors (Lipinski definition) is 2. The van der Waals surface area contributed by atoms with E-state index in [0.29, 0.717) is 0 Å². The Balaban J connectivity index is 2.08. The van der Waals surface area contributed by atoms with Gasteiger partial charge in [0.05, 0.1) is 0 Å². The number of rotatable bonds is 3. The van der Waals surface area contributed by atoms with Crippen molar-refractivity contribution in [2.75, 3.05) is 0 Å². The fourth-order valence-electron chi connectivity index (χ4n) is 2.45. The molecule has 5 heteroatoms. The Kier molecular flexibility index (Phi) is 3.66. The quantitative estimate of drug-likeness (QED) is 0.330. The van der Waals surface area contributed by atoms with Crippen LogP contribution in [0.25, 0.3) is 10.9 Å². The van der Waals surface area contributed by atoms with Crippen LogP contribution in [0, 0.1) is 0 Å². The minimum atomic E-state index is 0.124. The maximum Gasteiger partial charge on any atom is 0.170 e. The molecular formula is C16H14BrN3O. The van der Waals surface area contributed by atoms with Crippen LogP contribution in [0.1, 0.15) is 11.1 Å². The molecule has 0 fully saturated rings. The van der Waals surface area contributed by atoms with Gasteiger partial charge in [0.25, 0.3) is 0 Å². The molecule has 3 N–H and O–H groups in total. The van der Waals surface area contributed by atoms with Crippen LogP contribution in [0.5, 0.6) is 0 Å². The van der Waals surface area contributed by atoms with Crippen LogP contribution in [-0.2, 0) is 6.54 Å². The molecule has 0 atom stereocenters. The number of fused-ring (bicyclic) bond motifs is 1. The van der Waals surface area contributed by atoms with E-state index in [9.17, 15) is 0 Å². The van der Waals surface area contributed by atoms with Crippen molar-refractivity contribution in [1.29, 1.82) is 0 Å². The Labute approximate surface area is 130 Å². The first-order valence-electron chi connectivity index (χ1n) is 6.50. The van der Waals surface area contributed by atoms with E-state index in [1.807, 2.05) is 48.7 Å². The molecule has 0 amide bonds. The monoisotopic (exact) mass is 343 g/mol. The van der Waals surface area contributed by atoms with Crippen molar-refractivity contribution in [2.24, 2.45) is 10.9 Å². The number of oxime groups is 1. The lowest BCUT2D eigenvalue weighted by atomic mass is 10.1. The second-order valence-corrected chi connectivity index (χ2v) is 5.61. The van der Waals surface area contributed by atoms with Gasteiger partial charge >= 0.3 is 0 Å². The summed E-state index contributed by atoms with van der Waals surface area (Å²) < 4.78 is 3.23. The first-order chi connectivity index (χ1) is 10.2. The number of nitrogens with two attached hydrogens (primary N) is 1. The Morgan fingerprint density at radius 1 is 1.14 bits per heavy atom. The van der Waals surface area contributed by atoms with Gasteiger partial charge in [0.2, 0.25) is 0 Å². The van der Waals surface area contributed by atoms with Gasteiger partial charge in [-0.2, -0.15) is 0 Å². The summed E-state index contributed by atoms with van der Waals surface area (Å²) in [5.41, 5.74) is 8.72. The van der Waals surface area contributed by atoms with Crippen molar-refractivity contribution >= 4 is 32.7 Å². The molecule has 21 heavy (non-hydrogen) atoms. The second kappa shape index (κ2) is 5.61. The molecule has 0 aliphatic heterocycles. The van der Waals surface area contributed by atoms with Gasteiger partial charge in [-0.3, -0.25) is 0 Å². The fraction of sp³-hybridized carbons (Fsp3) is 0.0625. The Morgan fingerprint density at radius 2 is 1.95 bits per heavy atom. The largest absolute Gasteiger partial charge is 0.409 e. The topological polar surface area (TPSA) is 63.5 Å². The molecule has 3 rings (SSSR count). The summed E-state index contributed by atoms with van der Waals surface area (Å²) in [6.45, 7) is 0.755. The van der Waals surface area contributed by atoms with E-state index >= 15 is 0 Å². The first-order valence-corrected chi connectivity index (χ1v) is 7.29. The third-order valence-corrected chi connectivity index (χ3v) is 4.27. The lowest BCUT2D eigenvalue weighted by Crippen LogP contribution is -2.13. The maximum absolute atomic E-state index is 8.88. The van der Waals surface area contributed by atoms with E-state index in [2.05, 4.69) is 31.7 Å². The zero-order valence-corrected chi connectivity index (χ0v) is 12.8. The molecule has 0 spiro atoms. The molecule has 0 unspecified atom stereocenters. The van der Waals surface area contributed by atoms with Crippen molar-refractivity contribution in [3.8, 4) is 0 Å². The van der Waals surface area contributed by atoms with Gasteiger partial charge in [-0.25, -0.2) is 0 Å². The first kappa shape index (κ1) is 13.7. The molecule has 1 heterocycles. The average Bonchev–Trinajstić information content (AvgIpc) is 2.92. The van der Waals surface area contributed by atoms with Crippen LogP contribution in [0.2, 0.25) is 0 Å². The van der Waals surface area contributed by atoms with Crippen molar-refractivity contribution in [2.45, 2.75) is 6.54 Å². The number of halogens is 1. The van der Waals surface area contributed by atoms with Gasteiger partial charge in [0.15, 0.2) is 5.84 Å². The van der Waals surface area contributed by atoms with Crippen LogP contribution in [0.4, 0.5) is 0 Å². The van der Waals surface area contributed by atoms with Crippen LogP contribution < -0.4 is 5.73 Å². The van der Waals surface area contributed by atoms with Crippen molar-refractivity contribution in [1.82, 2.24) is 4.57 Å². The van der Waals surface area contributed by atoms with E-state index in [1.165, 1.54) is 5.56 Å². The van der Waals surface area contributed by atoms with Crippen molar-refractivity contribution in [3.63, 3.8) is 0 Å². The van der Waals surface area contributed by atoms with E-state index in [0.717, 1.165) is 27.5 Å². The highest BCUT2D eigenvalue weighted by atomic mass is 79.9. The Hall–Kier alpha value is -2.27. The zero-order chi connectivity index (χ0) is 14.8. The highest BCUT2D eigenvalue weighted by Crippen LogP contribution is 2.23. The molecule has 0 saturated heterocycles. The van der Waals surface area contributed by atoms with Gasteiger partial charge in [-0.1, -0.05) is 51.4 Å². The summed E-state index contributed by atoms with van der Waals surface area (Å²) in [6, 6.07) is 15.9. The third-order valence-electron chi connectivity index (χ3n) is 3.50. The lowest BCUT2D eigenvalue weighted by molar-refractivity contribution is 0.318. The molecule has 0 bridgehead atoms. The molecule has 106 valence electrons. The summed E-state index contributed by atoms with van der Waals surface area (Å²) in [6.07, 6.45) is 2.01. The molecule has 3 aromatic rings. The number of amidine groups is 1. The summed E-state index contributed by atoms with van der Waals surface area (Å²) in [4.78, 5) is 0. The molecule has 0 saturated carbocycles. The van der Waals surface area contributed by atoms with Crippen LogP contribution in [-0.4, -0.2) is 15.6 Å². The zero-order valence-electron chi connectivity index (χ0n) is 11.2. The Bertz CT molecular complexity index is 823. The van der Waals surface area contributed by atoms with E-state index in [-0.39, 0.29) is 5.84 Å². The third kappa shape index (κ3) is 2.52. The minimum absolute atomic E-state index is 0.124. The minimum Gasteiger partial charge on any atom is -0.409 e. The van der Waals surface area contributed by atoms with E-state index in [4.69, 9.17) is 10.9 Å². The second-order valence-electron chi connectivity index (χ2n) is 4.76. The predicted molar refractivity (Wildman–Crippen MR) is 87.7 cm³/mol. The highest BCUT2D eigenvalue weighted by Gasteiger charge is 2.09. The molecule has 0 aliphatic rings. The molecule has 1 aromatic heterocycles. The summed E-state index contributed by atoms with van der Waals surface area (Å²) in [5.74, 6) is 0.124. The molecule has 2 aromatic carbocycles. The van der Waals surface area contributed by atoms with Crippen LogP contribution in [0.3, 0.4) is 0 Å². The molecular weight excluding hydrogens is 330 g/mol. The highest BCUT2D eigenvalue weighted by molar-refractivity contribution is 9.10. The van der Waals surface area contributed by atoms with Gasteiger partial charge in [-0.05, 0) is 23.8 Å². The SMILES string of the molecule is N/C(=N/O)c1cccc2c1ccn2Cc1ccccc1Br. The molecule has 4 nitrogen and oxygen atoms in total. The summed E-state index contributed by atoms with van der Waals surface area (Å²) in [5, 5.41) is 12.9. The van der Waals surface area contributed by atoms with Gasteiger partial charge in [-0.15, -0.1) is 0 Å². The van der Waals surface area contributed by atoms with Crippen molar-refractivity contribution < 1.29 is 5.21 Å². The van der Waals surface area contributed by atoms with E-state index in [1.54, 1.807) is 0 Å². The number of benzene rings is 2. The summed E-state index contributed by atoms with van der Waals surface area (Å²) in [7, 11) is 0. The predicted octanol–water partition coefficient (Wildman–Crippen LogP) is 3.55. The van der Waals surface area contributed by atoms with Gasteiger partial charge in [0.1, 0.15) is 0 Å². The number of aromatic nitrogens is 1. The standard InChI is InChI=1S/C16H14BrN3O/c17-14-6-2-1-4-11(14)10-20-9-8-12-13(16(18)19-21)5-3-7-15(12)20/h1-9,21H,10H2,(H2,18,19). The molecule has 0 radical (unpaired) electrons. The fourth-order valence-corrected chi connectivity index (χ4v) is 2.86. The maximum atomic E-state index is 8.88. The van der Waals surface area contributed by atoms with Gasteiger partial charge < -0.3 is 15.5 Å². The van der Waals surface area contributed by atoms with Crippen LogP contribution in [0.15, 0.2) is 64.4 Å². The van der Waals surface area contributed by atoms with Crippen molar-refractivity contribution in [3.05, 3.63) is 70.3 Å². The Morgan fingerprint density at radius 3 is 2.71 bits per heavy atom. The lowest BCUT2D eigenvalue weighted by Gasteiger charge is -2.08. The van der Waals surface area contributed by atoms with Gasteiger partial charge in [0, 0.05) is 33.7 Å². The number of hydrogen-bond acceptors (Lipinski definition) is 2. The smallest absolute Gasteiger partial charge is 0.170 e. The normalized spacial score (nSPS) is 12.0. The summed E-state index contributed by atoms with van der Waals surface area (Å²) >= 11 is 3.57. The number of nitrogens with zero attached hydrogens (tertiary/aromatic N) is 2. The van der Waals surface area contributed by atoms with Crippen LogP contribution >= 0.6 is 15.9 Å². The average molecular weight is 344 g/mol. The molecule has 0 aliphatic carbocycles. The van der Waals surface area contributed by atoms with E-state index < -0.39 is 0 Å².